The predicted octanol–water partition coefficient (Wildman–Crippen LogP) is 5.37. The van der Waals surface area contributed by atoms with Crippen LogP contribution < -0.4 is 9.80 Å². The molecular weight excluding hydrogens is 525 g/mol. The molecule has 2 aliphatic heterocycles. The number of carbonyl (C=O) groups excluding carboxylic acids is 1. The van der Waals surface area contributed by atoms with Crippen molar-refractivity contribution in [2.45, 2.75) is 76.0 Å². The van der Waals surface area contributed by atoms with Gasteiger partial charge in [0.1, 0.15) is 11.6 Å². The number of ether oxygens (including phenoxy) is 2. The summed E-state index contributed by atoms with van der Waals surface area (Å²) in [5.74, 6) is -5.73. The van der Waals surface area contributed by atoms with Crippen molar-refractivity contribution >= 4 is 17.7 Å². The molecule has 39 heavy (non-hydrogen) atoms. The van der Waals surface area contributed by atoms with E-state index in [1.165, 1.54) is 22.9 Å². The van der Waals surface area contributed by atoms with Crippen LogP contribution in [0, 0.1) is 5.92 Å². The summed E-state index contributed by atoms with van der Waals surface area (Å²) in [7, 11) is 1.43. The highest BCUT2D eigenvalue weighted by atomic mass is 19.4. The lowest BCUT2D eigenvalue weighted by Crippen LogP contribution is -2.53. The van der Waals surface area contributed by atoms with E-state index in [2.05, 4.69) is 9.97 Å². The molecule has 3 heterocycles. The number of aromatic nitrogens is 2. The summed E-state index contributed by atoms with van der Waals surface area (Å²) in [5.41, 5.74) is -0.411. The topological polar surface area (TPSA) is 71.0 Å². The molecule has 13 heteroatoms. The fourth-order valence-corrected chi connectivity index (χ4v) is 5.60. The van der Waals surface area contributed by atoms with Gasteiger partial charge in [-0.1, -0.05) is 32.6 Å². The third-order valence-electron chi connectivity index (χ3n) is 7.91. The predicted molar refractivity (Wildman–Crippen MR) is 135 cm³/mol. The van der Waals surface area contributed by atoms with Gasteiger partial charge in [-0.25, -0.2) is 23.5 Å². The van der Waals surface area contributed by atoms with Gasteiger partial charge in [-0.05, 0) is 19.3 Å². The maximum absolute atomic E-state index is 14.9. The molecule has 2 saturated heterocycles. The van der Waals surface area contributed by atoms with Gasteiger partial charge in [-0.15, -0.1) is 0 Å². The van der Waals surface area contributed by atoms with Crippen LogP contribution >= 0.6 is 0 Å². The lowest BCUT2D eigenvalue weighted by molar-refractivity contribution is -0.144. The Hall–Kier alpha value is -2.44. The summed E-state index contributed by atoms with van der Waals surface area (Å²) >= 11 is 0. The summed E-state index contributed by atoms with van der Waals surface area (Å²) in [4.78, 5) is 24.2. The molecule has 1 aromatic heterocycles. The van der Waals surface area contributed by atoms with Crippen LogP contribution in [-0.2, 0) is 15.7 Å². The van der Waals surface area contributed by atoms with Crippen LogP contribution in [0.5, 0.6) is 0 Å². The number of anilines is 2. The van der Waals surface area contributed by atoms with E-state index in [0.717, 1.165) is 38.5 Å². The Morgan fingerprint density at radius 2 is 1.92 bits per heavy atom. The zero-order valence-electron chi connectivity index (χ0n) is 22.6. The molecule has 0 bridgehead atoms. The first-order valence-corrected chi connectivity index (χ1v) is 13.8. The number of alkyl halides is 5. The average molecular weight is 564 g/mol. The van der Waals surface area contributed by atoms with Gasteiger partial charge < -0.3 is 24.2 Å². The lowest BCUT2D eigenvalue weighted by Gasteiger charge is -2.45. The number of nitrogens with zero attached hydrogens (tertiary/aromatic N) is 5. The third kappa shape index (κ3) is 7.20. The fourth-order valence-electron chi connectivity index (χ4n) is 5.60. The van der Waals surface area contributed by atoms with E-state index in [1.807, 2.05) is 6.92 Å². The summed E-state index contributed by atoms with van der Waals surface area (Å²) in [6.07, 6.45) is 0.250. The number of likely N-dealkylation sites (tertiary alicyclic amines) is 1. The molecule has 1 amide bonds. The largest absolute Gasteiger partial charge is 0.451 e. The molecule has 1 saturated carbocycles. The first kappa shape index (κ1) is 29.5. The van der Waals surface area contributed by atoms with Gasteiger partial charge in [-0.2, -0.15) is 13.2 Å². The lowest BCUT2D eigenvalue weighted by atomic mass is 9.83. The number of hydrogen-bond donors (Lipinski definition) is 0. The van der Waals surface area contributed by atoms with Gasteiger partial charge in [0.2, 0.25) is 5.82 Å². The Bertz CT molecular complexity index is 984. The van der Waals surface area contributed by atoms with E-state index < -0.39 is 42.0 Å². The molecule has 1 aliphatic carbocycles. The van der Waals surface area contributed by atoms with Crippen LogP contribution in [0.3, 0.4) is 0 Å². The van der Waals surface area contributed by atoms with E-state index in [0.29, 0.717) is 26.1 Å². The van der Waals surface area contributed by atoms with E-state index >= 15 is 0 Å². The van der Waals surface area contributed by atoms with Gasteiger partial charge >= 0.3 is 12.3 Å². The number of piperidine rings is 1. The van der Waals surface area contributed by atoms with Gasteiger partial charge in [0.15, 0.2) is 0 Å². The van der Waals surface area contributed by atoms with E-state index in [4.69, 9.17) is 9.47 Å². The van der Waals surface area contributed by atoms with Crippen LogP contribution in [0.25, 0.3) is 0 Å². The number of halogens is 5. The van der Waals surface area contributed by atoms with Crippen LogP contribution in [0.15, 0.2) is 6.07 Å². The minimum Gasteiger partial charge on any atom is -0.449 e. The first-order chi connectivity index (χ1) is 18.4. The fraction of sp³-hybridized carbons (Fsp3) is 0.808. The van der Waals surface area contributed by atoms with Gasteiger partial charge in [0.25, 0.3) is 5.92 Å². The molecule has 3 aliphatic rings. The van der Waals surface area contributed by atoms with Crippen molar-refractivity contribution in [3.8, 4) is 0 Å². The Labute approximate surface area is 225 Å². The molecule has 3 fully saturated rings. The Kier molecular flexibility index (Phi) is 9.07. The van der Waals surface area contributed by atoms with Crippen molar-refractivity contribution in [1.29, 1.82) is 0 Å². The zero-order chi connectivity index (χ0) is 28.3. The van der Waals surface area contributed by atoms with Gasteiger partial charge in [-0.3, -0.25) is 0 Å². The van der Waals surface area contributed by atoms with Crippen molar-refractivity contribution in [3.05, 3.63) is 11.9 Å². The minimum absolute atomic E-state index is 0.101. The molecule has 0 aromatic carbocycles. The van der Waals surface area contributed by atoms with E-state index in [-0.39, 0.29) is 37.9 Å². The van der Waals surface area contributed by atoms with Crippen molar-refractivity contribution in [3.63, 3.8) is 0 Å². The molecule has 0 N–H and O–H groups in total. The van der Waals surface area contributed by atoms with Crippen LogP contribution in [-0.4, -0.2) is 85.5 Å². The summed E-state index contributed by atoms with van der Waals surface area (Å²) in [5, 5.41) is 0. The quantitative estimate of drug-likeness (QED) is 0.327. The van der Waals surface area contributed by atoms with Crippen LogP contribution in [0.1, 0.15) is 64.1 Å². The minimum atomic E-state index is -4.81. The number of carbonyl (C=O) groups is 1. The number of rotatable bonds is 7. The number of amides is 1. The van der Waals surface area contributed by atoms with E-state index in [9.17, 15) is 26.7 Å². The standard InChI is InChI=1S/C26H38F5N5O3/c1-3-4-13-38-23(37)35-11-10-25(27,28)19(17-35)16-34(2)20-15-21(33-22(32-20)26(29,30)31)36-12-14-39-24(18-36)8-6-5-7-9-24/h15,19H,3-14,16-18H2,1-2H3. The van der Waals surface area contributed by atoms with Crippen LogP contribution in [0.2, 0.25) is 0 Å². The van der Waals surface area contributed by atoms with Crippen LogP contribution in [0.4, 0.5) is 38.4 Å². The highest BCUT2D eigenvalue weighted by Gasteiger charge is 2.46. The van der Waals surface area contributed by atoms with Gasteiger partial charge in [0.05, 0.1) is 24.7 Å². The molecule has 4 rings (SSSR count). The maximum atomic E-state index is 14.9. The molecule has 220 valence electrons. The second kappa shape index (κ2) is 12.0. The number of hydrogen-bond acceptors (Lipinski definition) is 7. The molecule has 8 nitrogen and oxygen atoms in total. The highest BCUT2D eigenvalue weighted by Crippen LogP contribution is 2.38. The van der Waals surface area contributed by atoms with Crippen molar-refractivity contribution in [2.75, 3.05) is 62.8 Å². The third-order valence-corrected chi connectivity index (χ3v) is 7.91. The SMILES string of the molecule is CCCCOC(=O)N1CCC(F)(F)C(CN(C)c2cc(N3CCOC4(CCCCC4)C3)nc(C(F)(F)F)n2)C1. The Morgan fingerprint density at radius 3 is 2.62 bits per heavy atom. The zero-order valence-corrected chi connectivity index (χ0v) is 22.6. The van der Waals surface area contributed by atoms with Crippen molar-refractivity contribution in [2.24, 2.45) is 5.92 Å². The van der Waals surface area contributed by atoms with E-state index in [1.54, 1.807) is 4.90 Å². The first-order valence-electron chi connectivity index (χ1n) is 13.8. The smallest absolute Gasteiger partial charge is 0.449 e. The summed E-state index contributed by atoms with van der Waals surface area (Å²) in [6.45, 7) is 2.60. The maximum Gasteiger partial charge on any atom is 0.451 e. The van der Waals surface area contributed by atoms with Crippen molar-refractivity contribution in [1.82, 2.24) is 14.9 Å². The molecule has 1 atom stereocenters. The normalized spacial score (nSPS) is 23.1. The molecule has 0 radical (unpaired) electrons. The molecular formula is C26H38F5N5O3. The van der Waals surface area contributed by atoms with Gasteiger partial charge in [0, 0.05) is 52.3 Å². The van der Waals surface area contributed by atoms with Crippen molar-refractivity contribution < 1.29 is 36.2 Å². The monoisotopic (exact) mass is 563 g/mol. The molecule has 1 unspecified atom stereocenters. The Balaban J connectivity index is 1.53. The molecule has 1 aromatic rings. The highest BCUT2D eigenvalue weighted by molar-refractivity contribution is 5.67. The summed E-state index contributed by atoms with van der Waals surface area (Å²) in [6, 6.07) is 1.43. The average Bonchev–Trinajstić information content (AvgIpc) is 2.89. The Morgan fingerprint density at radius 1 is 1.18 bits per heavy atom. The summed E-state index contributed by atoms with van der Waals surface area (Å²) < 4.78 is 82.5. The number of unbranched alkanes of at least 4 members (excludes halogenated alkanes) is 1. The second-order valence-electron chi connectivity index (χ2n) is 10.9. The molecule has 1 spiro atoms. The second-order valence-corrected chi connectivity index (χ2v) is 10.9. The number of morpholine rings is 1.